The lowest BCUT2D eigenvalue weighted by Crippen LogP contribution is -2.54. The van der Waals surface area contributed by atoms with Gasteiger partial charge in [-0.25, -0.2) is 4.79 Å². The van der Waals surface area contributed by atoms with Crippen molar-refractivity contribution in [3.05, 3.63) is 0 Å². The Bertz CT molecular complexity index is 388. The number of carbonyl (C=O) groups excluding carboxylic acids is 2. The van der Waals surface area contributed by atoms with Crippen molar-refractivity contribution < 1.29 is 19.5 Å². The second kappa shape index (κ2) is 9.27. The number of carbonyl (C=O) groups is 3. The monoisotopic (exact) mass is 313 g/mol. The standard InChI is InChI=1S/C15H27N3O4/c1-3-16(4-2)15(22)18-11-9-17(10-12-18)13(19)7-5-6-8-14(20)21/h3-12H2,1-2H3,(H,20,21). The number of amides is 3. The van der Waals surface area contributed by atoms with Crippen molar-refractivity contribution in [1.82, 2.24) is 14.7 Å². The van der Waals surface area contributed by atoms with Crippen LogP contribution in [0.1, 0.15) is 39.5 Å². The summed E-state index contributed by atoms with van der Waals surface area (Å²) in [6, 6.07) is 0.0403. The van der Waals surface area contributed by atoms with Gasteiger partial charge in [0.05, 0.1) is 0 Å². The maximum absolute atomic E-state index is 12.2. The molecule has 0 spiro atoms. The first kappa shape index (κ1) is 18.3. The van der Waals surface area contributed by atoms with Crippen LogP contribution in [0.4, 0.5) is 4.79 Å². The number of aliphatic carboxylic acids is 1. The number of carboxylic acid groups (broad SMARTS) is 1. The molecule has 0 saturated carbocycles. The highest BCUT2D eigenvalue weighted by molar-refractivity contribution is 5.77. The van der Waals surface area contributed by atoms with E-state index in [2.05, 4.69) is 0 Å². The van der Waals surface area contributed by atoms with Crippen LogP contribution in [-0.2, 0) is 9.59 Å². The first-order valence-electron chi connectivity index (χ1n) is 8.03. The lowest BCUT2D eigenvalue weighted by molar-refractivity contribution is -0.137. The first-order chi connectivity index (χ1) is 10.5. The normalized spacial score (nSPS) is 14.8. The molecule has 1 aliphatic rings. The van der Waals surface area contributed by atoms with E-state index in [4.69, 9.17) is 5.11 Å². The van der Waals surface area contributed by atoms with E-state index in [-0.39, 0.29) is 18.4 Å². The predicted octanol–water partition coefficient (Wildman–Crippen LogP) is 1.24. The molecule has 22 heavy (non-hydrogen) atoms. The number of hydrogen-bond acceptors (Lipinski definition) is 3. The maximum Gasteiger partial charge on any atom is 0.320 e. The third-order valence-electron chi connectivity index (χ3n) is 3.97. The van der Waals surface area contributed by atoms with Crippen LogP contribution in [0.5, 0.6) is 0 Å². The van der Waals surface area contributed by atoms with Crippen molar-refractivity contribution in [2.24, 2.45) is 0 Å². The van der Waals surface area contributed by atoms with Gasteiger partial charge in [0.2, 0.25) is 5.91 Å². The number of piperazine rings is 1. The van der Waals surface area contributed by atoms with Crippen molar-refractivity contribution in [3.8, 4) is 0 Å². The van der Waals surface area contributed by atoms with E-state index in [0.717, 1.165) is 0 Å². The Labute approximate surface area is 131 Å². The van der Waals surface area contributed by atoms with Crippen molar-refractivity contribution >= 4 is 17.9 Å². The molecular weight excluding hydrogens is 286 g/mol. The lowest BCUT2D eigenvalue weighted by Gasteiger charge is -2.37. The fourth-order valence-corrected chi connectivity index (χ4v) is 2.55. The summed E-state index contributed by atoms with van der Waals surface area (Å²) in [5.41, 5.74) is 0. The summed E-state index contributed by atoms with van der Waals surface area (Å²) in [6.07, 6.45) is 1.63. The molecule has 0 aromatic rings. The summed E-state index contributed by atoms with van der Waals surface area (Å²) >= 11 is 0. The predicted molar refractivity (Wildman–Crippen MR) is 82.6 cm³/mol. The minimum Gasteiger partial charge on any atom is -0.481 e. The van der Waals surface area contributed by atoms with Gasteiger partial charge in [-0.05, 0) is 26.7 Å². The van der Waals surface area contributed by atoms with Crippen LogP contribution in [-0.4, -0.2) is 77.0 Å². The SMILES string of the molecule is CCN(CC)C(=O)N1CCN(C(=O)CCCCC(=O)O)CC1. The largest absolute Gasteiger partial charge is 0.481 e. The van der Waals surface area contributed by atoms with Crippen LogP contribution in [0.2, 0.25) is 0 Å². The topological polar surface area (TPSA) is 81.2 Å². The Kier molecular flexibility index (Phi) is 7.70. The van der Waals surface area contributed by atoms with Crippen LogP contribution in [0.3, 0.4) is 0 Å². The third kappa shape index (κ3) is 5.54. The minimum atomic E-state index is -0.823. The van der Waals surface area contributed by atoms with Crippen molar-refractivity contribution in [1.29, 1.82) is 0 Å². The molecule has 0 unspecified atom stereocenters. The summed E-state index contributed by atoms with van der Waals surface area (Å²) in [7, 11) is 0. The average Bonchev–Trinajstić information content (AvgIpc) is 2.52. The Morgan fingerprint density at radius 3 is 1.91 bits per heavy atom. The fraction of sp³-hybridized carbons (Fsp3) is 0.800. The van der Waals surface area contributed by atoms with Crippen molar-refractivity contribution in [2.75, 3.05) is 39.3 Å². The highest BCUT2D eigenvalue weighted by Gasteiger charge is 2.25. The molecule has 1 aliphatic heterocycles. The minimum absolute atomic E-state index is 0.0403. The lowest BCUT2D eigenvalue weighted by atomic mass is 10.1. The Balaban J connectivity index is 2.30. The molecule has 0 radical (unpaired) electrons. The molecule has 126 valence electrons. The van der Waals surface area contributed by atoms with Gasteiger partial charge in [-0.2, -0.15) is 0 Å². The molecule has 7 nitrogen and oxygen atoms in total. The number of urea groups is 1. The van der Waals surface area contributed by atoms with Gasteiger partial charge in [-0.3, -0.25) is 9.59 Å². The van der Waals surface area contributed by atoms with Gasteiger partial charge in [0, 0.05) is 52.1 Å². The zero-order valence-electron chi connectivity index (χ0n) is 13.6. The smallest absolute Gasteiger partial charge is 0.320 e. The second-order valence-electron chi connectivity index (χ2n) is 5.42. The fourth-order valence-electron chi connectivity index (χ4n) is 2.55. The van der Waals surface area contributed by atoms with Crippen molar-refractivity contribution in [3.63, 3.8) is 0 Å². The molecule has 3 amide bonds. The van der Waals surface area contributed by atoms with E-state index >= 15 is 0 Å². The van der Waals surface area contributed by atoms with E-state index in [1.165, 1.54) is 0 Å². The van der Waals surface area contributed by atoms with E-state index in [1.807, 2.05) is 13.8 Å². The average molecular weight is 313 g/mol. The van der Waals surface area contributed by atoms with Gasteiger partial charge in [0.25, 0.3) is 0 Å². The molecule has 1 saturated heterocycles. The maximum atomic E-state index is 12.2. The van der Waals surface area contributed by atoms with E-state index < -0.39 is 5.97 Å². The van der Waals surface area contributed by atoms with E-state index in [0.29, 0.717) is 58.5 Å². The van der Waals surface area contributed by atoms with Gasteiger partial charge in [0.15, 0.2) is 0 Å². The third-order valence-corrected chi connectivity index (χ3v) is 3.97. The van der Waals surface area contributed by atoms with Gasteiger partial charge >= 0.3 is 12.0 Å². The molecule has 1 N–H and O–H groups in total. The van der Waals surface area contributed by atoms with Crippen LogP contribution in [0.15, 0.2) is 0 Å². The molecule has 0 atom stereocenters. The number of carboxylic acids is 1. The summed E-state index contributed by atoms with van der Waals surface area (Å²) in [5.74, 6) is -0.767. The van der Waals surface area contributed by atoms with E-state index in [1.54, 1.807) is 14.7 Å². The number of nitrogens with zero attached hydrogens (tertiary/aromatic N) is 3. The molecule has 0 aromatic heterocycles. The molecule has 7 heteroatoms. The van der Waals surface area contributed by atoms with E-state index in [9.17, 15) is 14.4 Å². The second-order valence-corrected chi connectivity index (χ2v) is 5.42. The number of rotatable bonds is 7. The van der Waals surface area contributed by atoms with Crippen molar-refractivity contribution in [2.45, 2.75) is 39.5 Å². The molecule has 0 aromatic carbocycles. The summed E-state index contributed by atoms with van der Waals surface area (Å²) < 4.78 is 0. The summed E-state index contributed by atoms with van der Waals surface area (Å²) in [4.78, 5) is 40.0. The molecule has 0 aliphatic carbocycles. The Morgan fingerprint density at radius 2 is 1.41 bits per heavy atom. The number of unbranched alkanes of at least 4 members (excludes halogenated alkanes) is 1. The summed E-state index contributed by atoms with van der Waals surface area (Å²) in [6.45, 7) is 7.55. The quantitative estimate of drug-likeness (QED) is 0.717. The Hall–Kier alpha value is -1.79. The van der Waals surface area contributed by atoms with Crippen LogP contribution in [0, 0.1) is 0 Å². The first-order valence-corrected chi connectivity index (χ1v) is 8.03. The molecule has 1 fully saturated rings. The highest BCUT2D eigenvalue weighted by atomic mass is 16.4. The molecular formula is C15H27N3O4. The van der Waals surface area contributed by atoms with Gasteiger partial charge in [-0.1, -0.05) is 0 Å². The molecule has 1 heterocycles. The van der Waals surface area contributed by atoms with Crippen LogP contribution >= 0.6 is 0 Å². The molecule has 0 bridgehead atoms. The van der Waals surface area contributed by atoms with Gasteiger partial charge in [0.1, 0.15) is 0 Å². The zero-order valence-corrected chi connectivity index (χ0v) is 13.6. The summed E-state index contributed by atoms with van der Waals surface area (Å²) in [5, 5.41) is 8.56. The zero-order chi connectivity index (χ0) is 16.5. The highest BCUT2D eigenvalue weighted by Crippen LogP contribution is 2.09. The van der Waals surface area contributed by atoms with Gasteiger partial charge in [-0.15, -0.1) is 0 Å². The van der Waals surface area contributed by atoms with Crippen LogP contribution < -0.4 is 0 Å². The van der Waals surface area contributed by atoms with Crippen LogP contribution in [0.25, 0.3) is 0 Å². The van der Waals surface area contributed by atoms with Gasteiger partial charge < -0.3 is 19.8 Å². The molecule has 1 rings (SSSR count). The Morgan fingerprint density at radius 1 is 0.909 bits per heavy atom. The number of hydrogen-bond donors (Lipinski definition) is 1.